The molecule has 160 valence electrons. The lowest BCUT2D eigenvalue weighted by molar-refractivity contribution is -0.385. The molecule has 0 aliphatic carbocycles. The number of nitrogens with zero attached hydrogens (tertiary/aromatic N) is 2. The molecule has 1 aliphatic rings. The van der Waals surface area contributed by atoms with Crippen LogP contribution in [0.15, 0.2) is 42.5 Å². The van der Waals surface area contributed by atoms with Crippen molar-refractivity contribution in [2.45, 2.75) is 38.5 Å². The Morgan fingerprint density at radius 1 is 1.20 bits per heavy atom. The minimum atomic E-state index is -4.36. The van der Waals surface area contributed by atoms with Crippen LogP contribution in [0.4, 0.5) is 18.9 Å². The predicted molar refractivity (Wildman–Crippen MR) is 105 cm³/mol. The largest absolute Gasteiger partial charge is 0.416 e. The highest BCUT2D eigenvalue weighted by atomic mass is 19.4. The van der Waals surface area contributed by atoms with Crippen molar-refractivity contribution in [1.29, 1.82) is 0 Å². The summed E-state index contributed by atoms with van der Waals surface area (Å²) in [6, 6.07) is 9.62. The molecule has 30 heavy (non-hydrogen) atoms. The van der Waals surface area contributed by atoms with E-state index in [1.54, 1.807) is 19.1 Å². The fourth-order valence-electron chi connectivity index (χ4n) is 3.67. The van der Waals surface area contributed by atoms with Gasteiger partial charge in [0.2, 0.25) is 0 Å². The molecule has 0 radical (unpaired) electrons. The summed E-state index contributed by atoms with van der Waals surface area (Å²) in [5, 5.41) is 14.0. The van der Waals surface area contributed by atoms with Crippen molar-refractivity contribution >= 4 is 11.6 Å². The summed E-state index contributed by atoms with van der Waals surface area (Å²) in [5.41, 5.74) is 0.435. The maximum atomic E-state index is 12.9. The second-order valence-corrected chi connectivity index (χ2v) is 7.43. The summed E-state index contributed by atoms with van der Waals surface area (Å²) in [6.07, 6.45) is -3.06. The van der Waals surface area contributed by atoms with Gasteiger partial charge in [-0.25, -0.2) is 0 Å². The normalized spacial score (nSPS) is 15.7. The number of hydrogen-bond acceptors (Lipinski definition) is 4. The number of nitro groups is 1. The molecule has 2 aromatic rings. The maximum absolute atomic E-state index is 12.9. The predicted octanol–water partition coefficient (Wildman–Crippen LogP) is 4.32. The lowest BCUT2D eigenvalue weighted by atomic mass is 10.0. The fraction of sp³-hybridized carbons (Fsp3) is 0.381. The molecule has 1 N–H and O–H groups in total. The van der Waals surface area contributed by atoms with Gasteiger partial charge < -0.3 is 5.32 Å². The highest BCUT2D eigenvalue weighted by Crippen LogP contribution is 2.30. The Bertz CT molecular complexity index is 939. The summed E-state index contributed by atoms with van der Waals surface area (Å²) in [7, 11) is 0. The SMILES string of the molecule is Cc1c(C(=O)NC2CCN(Cc3cccc(C(F)(F)F)c3)CC2)cccc1[N+](=O)[O-]. The first-order valence-corrected chi connectivity index (χ1v) is 9.58. The van der Waals surface area contributed by atoms with Crippen LogP contribution in [-0.4, -0.2) is 34.9 Å². The topological polar surface area (TPSA) is 75.5 Å². The van der Waals surface area contributed by atoms with E-state index in [0.717, 1.165) is 6.07 Å². The first kappa shape index (κ1) is 21.8. The summed E-state index contributed by atoms with van der Waals surface area (Å²) < 4.78 is 38.6. The molecule has 1 aliphatic heterocycles. The standard InChI is InChI=1S/C21H22F3N3O3/c1-14-18(6-3-7-19(14)27(29)30)20(28)25-17-8-10-26(11-9-17)13-15-4-2-5-16(12-15)21(22,23)24/h2-7,12,17H,8-11,13H2,1H3,(H,25,28). The van der Waals surface area contributed by atoms with Gasteiger partial charge in [0.05, 0.1) is 10.5 Å². The first-order valence-electron chi connectivity index (χ1n) is 9.58. The van der Waals surface area contributed by atoms with Crippen molar-refractivity contribution in [3.05, 3.63) is 74.8 Å². The number of alkyl halides is 3. The van der Waals surface area contributed by atoms with Gasteiger partial charge in [-0.2, -0.15) is 13.2 Å². The van der Waals surface area contributed by atoms with Gasteiger partial charge >= 0.3 is 6.18 Å². The van der Waals surface area contributed by atoms with E-state index >= 15 is 0 Å². The molecule has 0 atom stereocenters. The number of halogens is 3. The van der Waals surface area contributed by atoms with Gasteiger partial charge in [0.1, 0.15) is 0 Å². The smallest absolute Gasteiger partial charge is 0.349 e. The van der Waals surface area contributed by atoms with Crippen molar-refractivity contribution in [1.82, 2.24) is 10.2 Å². The van der Waals surface area contributed by atoms with Crippen LogP contribution in [0.2, 0.25) is 0 Å². The van der Waals surface area contributed by atoms with Crippen LogP contribution in [0.1, 0.15) is 39.9 Å². The number of nitrogens with one attached hydrogen (secondary N) is 1. The molecule has 1 heterocycles. The van der Waals surface area contributed by atoms with Gasteiger partial charge in [-0.3, -0.25) is 19.8 Å². The van der Waals surface area contributed by atoms with Crippen LogP contribution in [0.25, 0.3) is 0 Å². The van der Waals surface area contributed by atoms with Gasteiger partial charge in [-0.1, -0.05) is 24.3 Å². The first-order chi connectivity index (χ1) is 14.1. The molecule has 0 saturated carbocycles. The Balaban J connectivity index is 1.56. The number of piperidine rings is 1. The number of rotatable bonds is 5. The Hall–Kier alpha value is -2.94. The zero-order valence-corrected chi connectivity index (χ0v) is 16.4. The molecule has 9 heteroatoms. The van der Waals surface area contributed by atoms with Gasteiger partial charge in [-0.15, -0.1) is 0 Å². The second kappa shape index (κ2) is 8.83. The monoisotopic (exact) mass is 421 g/mol. The molecule has 0 spiro atoms. The summed E-state index contributed by atoms with van der Waals surface area (Å²) in [5.74, 6) is -0.354. The highest BCUT2D eigenvalue weighted by molar-refractivity contribution is 5.96. The van der Waals surface area contributed by atoms with Crippen molar-refractivity contribution in [2.75, 3.05) is 13.1 Å². The third kappa shape index (κ3) is 5.15. The summed E-state index contributed by atoms with van der Waals surface area (Å²) in [4.78, 5) is 25.2. The van der Waals surface area contributed by atoms with Crippen LogP contribution in [0, 0.1) is 17.0 Å². The molecule has 0 unspecified atom stereocenters. The van der Waals surface area contributed by atoms with E-state index < -0.39 is 16.7 Å². The summed E-state index contributed by atoms with van der Waals surface area (Å²) >= 11 is 0. The Morgan fingerprint density at radius 2 is 1.87 bits per heavy atom. The molecular formula is C21H22F3N3O3. The molecular weight excluding hydrogens is 399 g/mol. The quantitative estimate of drug-likeness (QED) is 0.577. The minimum Gasteiger partial charge on any atom is -0.349 e. The lowest BCUT2D eigenvalue weighted by Gasteiger charge is -2.32. The van der Waals surface area contributed by atoms with Gasteiger partial charge in [-0.05, 0) is 37.5 Å². The van der Waals surface area contributed by atoms with E-state index in [0.29, 0.717) is 43.6 Å². The van der Waals surface area contributed by atoms with Crippen molar-refractivity contribution in [3.63, 3.8) is 0 Å². The molecule has 0 bridgehead atoms. The number of likely N-dealkylation sites (tertiary alicyclic amines) is 1. The van der Waals surface area contributed by atoms with E-state index in [4.69, 9.17) is 0 Å². The van der Waals surface area contributed by atoms with Crippen LogP contribution in [0.3, 0.4) is 0 Å². The van der Waals surface area contributed by atoms with Gasteiger partial charge in [0.15, 0.2) is 0 Å². The third-order valence-electron chi connectivity index (χ3n) is 5.33. The van der Waals surface area contributed by atoms with E-state index in [9.17, 15) is 28.1 Å². The molecule has 1 saturated heterocycles. The van der Waals surface area contributed by atoms with E-state index in [2.05, 4.69) is 10.2 Å². The zero-order chi connectivity index (χ0) is 21.9. The molecule has 1 amide bonds. The number of amides is 1. The van der Waals surface area contributed by atoms with E-state index in [-0.39, 0.29) is 23.2 Å². The van der Waals surface area contributed by atoms with Crippen LogP contribution in [0.5, 0.6) is 0 Å². The average molecular weight is 421 g/mol. The zero-order valence-electron chi connectivity index (χ0n) is 16.4. The molecule has 1 fully saturated rings. The van der Waals surface area contributed by atoms with Crippen molar-refractivity contribution in [3.8, 4) is 0 Å². The lowest BCUT2D eigenvalue weighted by Crippen LogP contribution is -2.44. The number of carbonyl (C=O) groups is 1. The Morgan fingerprint density at radius 3 is 2.50 bits per heavy atom. The molecule has 2 aromatic carbocycles. The number of benzene rings is 2. The van der Waals surface area contributed by atoms with E-state index in [1.807, 2.05) is 0 Å². The minimum absolute atomic E-state index is 0.0890. The molecule has 3 rings (SSSR count). The van der Waals surface area contributed by atoms with Gasteiger partial charge in [0, 0.05) is 42.9 Å². The number of carbonyl (C=O) groups excluding carboxylic acids is 1. The maximum Gasteiger partial charge on any atom is 0.416 e. The number of nitro benzene ring substituents is 1. The Kier molecular flexibility index (Phi) is 6.40. The van der Waals surface area contributed by atoms with E-state index in [1.165, 1.54) is 24.3 Å². The van der Waals surface area contributed by atoms with Gasteiger partial charge in [0.25, 0.3) is 11.6 Å². The summed E-state index contributed by atoms with van der Waals surface area (Å²) in [6.45, 7) is 3.23. The van der Waals surface area contributed by atoms with Crippen molar-refractivity contribution in [2.24, 2.45) is 0 Å². The second-order valence-electron chi connectivity index (χ2n) is 7.43. The average Bonchev–Trinajstić information content (AvgIpc) is 2.69. The van der Waals surface area contributed by atoms with Crippen LogP contribution < -0.4 is 5.32 Å². The van der Waals surface area contributed by atoms with Crippen LogP contribution in [-0.2, 0) is 12.7 Å². The van der Waals surface area contributed by atoms with Crippen molar-refractivity contribution < 1.29 is 22.9 Å². The molecule has 6 nitrogen and oxygen atoms in total. The Labute approximate surface area is 171 Å². The number of hydrogen-bond donors (Lipinski definition) is 1. The molecule has 0 aromatic heterocycles. The third-order valence-corrected chi connectivity index (χ3v) is 5.33. The van der Waals surface area contributed by atoms with Crippen LogP contribution >= 0.6 is 0 Å². The fourth-order valence-corrected chi connectivity index (χ4v) is 3.67. The highest BCUT2D eigenvalue weighted by Gasteiger charge is 2.30.